The van der Waals surface area contributed by atoms with Gasteiger partial charge < -0.3 is 10.1 Å². The molecule has 0 fully saturated rings. The van der Waals surface area contributed by atoms with Crippen molar-refractivity contribution in [2.24, 2.45) is 0 Å². The summed E-state index contributed by atoms with van der Waals surface area (Å²) in [6.07, 6.45) is 0.348. The zero-order chi connectivity index (χ0) is 20.3. The lowest BCUT2D eigenvalue weighted by molar-refractivity contribution is -0.123. The van der Waals surface area contributed by atoms with E-state index >= 15 is 0 Å². The molecule has 1 N–H and O–H groups in total. The molecule has 0 aliphatic carbocycles. The number of anilines is 1. The number of carbonyl (C=O) groups excluding carboxylic acids is 2. The van der Waals surface area contributed by atoms with E-state index in [1.807, 2.05) is 30.3 Å². The average Bonchev–Trinajstić information content (AvgIpc) is 3.07. The smallest absolute Gasteiger partial charge is 0.342 e. The van der Waals surface area contributed by atoms with Gasteiger partial charge in [-0.3, -0.25) is 4.79 Å². The summed E-state index contributed by atoms with van der Waals surface area (Å²) in [6, 6.07) is 13.7. The number of amides is 1. The van der Waals surface area contributed by atoms with Crippen molar-refractivity contribution in [3.05, 3.63) is 77.4 Å². The van der Waals surface area contributed by atoms with Crippen LogP contribution in [0.4, 0.5) is 10.1 Å². The molecule has 2 aromatic carbocycles. The lowest BCUT2D eigenvalue weighted by Gasteiger charge is -2.14. The number of esters is 1. The first-order valence-electron chi connectivity index (χ1n) is 8.75. The van der Waals surface area contributed by atoms with Crippen LogP contribution in [0.25, 0.3) is 5.69 Å². The Bertz CT molecular complexity index is 1010. The summed E-state index contributed by atoms with van der Waals surface area (Å²) in [7, 11) is 0. The first kappa shape index (κ1) is 19.3. The predicted octanol–water partition coefficient (Wildman–Crippen LogP) is 3.81. The van der Waals surface area contributed by atoms with E-state index < -0.39 is 23.8 Å². The molecule has 3 rings (SSSR count). The van der Waals surface area contributed by atoms with Crippen LogP contribution in [0.5, 0.6) is 0 Å². The summed E-state index contributed by atoms with van der Waals surface area (Å²) in [5.41, 5.74) is 2.45. The molecular formula is C21H20FN3O3. The molecule has 1 heterocycles. The Morgan fingerprint density at radius 1 is 1.14 bits per heavy atom. The Hall–Kier alpha value is -3.48. The van der Waals surface area contributed by atoms with Gasteiger partial charge in [-0.05, 0) is 50.6 Å². The molecule has 3 aromatic rings. The number of halogens is 1. The number of benzene rings is 2. The minimum atomic E-state index is -1.06. The molecule has 1 amide bonds. The molecular weight excluding hydrogens is 361 g/mol. The second kappa shape index (κ2) is 8.04. The molecule has 1 unspecified atom stereocenters. The Kier molecular flexibility index (Phi) is 5.54. The van der Waals surface area contributed by atoms with E-state index in [-0.39, 0.29) is 5.56 Å². The maximum atomic E-state index is 13.6. The van der Waals surface area contributed by atoms with Crippen LogP contribution in [0, 0.1) is 19.7 Å². The van der Waals surface area contributed by atoms with E-state index in [0.717, 1.165) is 5.69 Å². The van der Waals surface area contributed by atoms with E-state index in [4.69, 9.17) is 4.74 Å². The lowest BCUT2D eigenvalue weighted by Crippen LogP contribution is -2.30. The van der Waals surface area contributed by atoms with Gasteiger partial charge in [-0.2, -0.15) is 5.10 Å². The highest BCUT2D eigenvalue weighted by Crippen LogP contribution is 2.17. The fourth-order valence-electron chi connectivity index (χ4n) is 2.63. The Labute approximate surface area is 161 Å². The Balaban J connectivity index is 1.68. The van der Waals surface area contributed by atoms with Crippen molar-refractivity contribution in [1.29, 1.82) is 0 Å². The van der Waals surface area contributed by atoms with E-state index in [0.29, 0.717) is 16.9 Å². The number of carbonyl (C=O) groups is 2. The molecule has 0 saturated carbocycles. The van der Waals surface area contributed by atoms with Gasteiger partial charge in [0.1, 0.15) is 11.4 Å². The predicted molar refractivity (Wildman–Crippen MR) is 103 cm³/mol. The van der Waals surface area contributed by atoms with Gasteiger partial charge in [-0.15, -0.1) is 0 Å². The van der Waals surface area contributed by atoms with Crippen LogP contribution >= 0.6 is 0 Å². The Morgan fingerprint density at radius 3 is 2.54 bits per heavy atom. The maximum absolute atomic E-state index is 13.6. The van der Waals surface area contributed by atoms with E-state index in [9.17, 15) is 14.0 Å². The number of hydrogen-bond acceptors (Lipinski definition) is 4. The highest BCUT2D eigenvalue weighted by molar-refractivity contribution is 5.97. The third-order valence-electron chi connectivity index (χ3n) is 4.32. The number of aryl methyl sites for hydroxylation is 1. The normalized spacial score (nSPS) is 11.7. The van der Waals surface area contributed by atoms with Gasteiger partial charge >= 0.3 is 5.97 Å². The summed E-state index contributed by atoms with van der Waals surface area (Å²) < 4.78 is 20.5. The van der Waals surface area contributed by atoms with Crippen molar-refractivity contribution in [2.45, 2.75) is 26.9 Å². The molecule has 0 radical (unpaired) electrons. The van der Waals surface area contributed by atoms with Gasteiger partial charge in [0, 0.05) is 5.69 Å². The average molecular weight is 381 g/mol. The number of aromatic nitrogens is 2. The second-order valence-corrected chi connectivity index (χ2v) is 6.39. The molecule has 0 aliphatic heterocycles. The van der Waals surface area contributed by atoms with Crippen molar-refractivity contribution in [1.82, 2.24) is 9.78 Å². The first-order valence-corrected chi connectivity index (χ1v) is 8.75. The van der Waals surface area contributed by atoms with Gasteiger partial charge in [-0.25, -0.2) is 13.9 Å². The van der Waals surface area contributed by atoms with E-state index in [1.54, 1.807) is 30.7 Å². The van der Waals surface area contributed by atoms with Gasteiger partial charge in [0.05, 0.1) is 17.6 Å². The summed E-state index contributed by atoms with van der Waals surface area (Å²) in [4.78, 5) is 24.7. The molecule has 7 heteroatoms. The third kappa shape index (κ3) is 4.09. The van der Waals surface area contributed by atoms with Crippen LogP contribution < -0.4 is 5.32 Å². The molecule has 6 nitrogen and oxygen atoms in total. The minimum absolute atomic E-state index is 0.268. The lowest BCUT2D eigenvalue weighted by atomic mass is 10.2. The summed E-state index contributed by atoms with van der Waals surface area (Å²) in [6.45, 7) is 4.83. The first-order chi connectivity index (χ1) is 13.4. The zero-order valence-electron chi connectivity index (χ0n) is 15.8. The number of hydrogen-bond donors (Lipinski definition) is 1. The van der Waals surface area contributed by atoms with Crippen molar-refractivity contribution >= 4 is 17.6 Å². The highest BCUT2D eigenvalue weighted by Gasteiger charge is 2.22. The standard InChI is InChI=1S/C21H20FN3O3/c1-13-9-10-16(11-19(13)22)24-20(26)15(3)28-21(27)18-12-23-25(14(18)2)17-7-5-4-6-8-17/h4-12,15H,1-3H3,(H,24,26). The van der Waals surface area contributed by atoms with Crippen LogP contribution in [0.3, 0.4) is 0 Å². The van der Waals surface area contributed by atoms with Crippen molar-refractivity contribution in [2.75, 3.05) is 5.32 Å². The fraction of sp³-hybridized carbons (Fsp3) is 0.190. The molecule has 28 heavy (non-hydrogen) atoms. The molecule has 0 spiro atoms. The SMILES string of the molecule is Cc1ccc(NC(=O)C(C)OC(=O)c2cnn(-c3ccccc3)c2C)cc1F. The molecule has 0 aliphatic rings. The quantitative estimate of drug-likeness (QED) is 0.682. The molecule has 1 aromatic heterocycles. The minimum Gasteiger partial charge on any atom is -0.449 e. The number of nitrogens with zero attached hydrogens (tertiary/aromatic N) is 2. The Morgan fingerprint density at radius 2 is 1.86 bits per heavy atom. The van der Waals surface area contributed by atoms with Crippen molar-refractivity contribution in [3.63, 3.8) is 0 Å². The van der Waals surface area contributed by atoms with Crippen LogP contribution in [0.15, 0.2) is 54.7 Å². The number of ether oxygens (including phenoxy) is 1. The number of rotatable bonds is 5. The fourth-order valence-corrected chi connectivity index (χ4v) is 2.63. The second-order valence-electron chi connectivity index (χ2n) is 6.39. The van der Waals surface area contributed by atoms with Gasteiger partial charge in [0.25, 0.3) is 5.91 Å². The van der Waals surface area contributed by atoms with E-state index in [2.05, 4.69) is 10.4 Å². The summed E-state index contributed by atoms with van der Waals surface area (Å²) in [5, 5.41) is 6.75. The van der Waals surface area contributed by atoms with Crippen LogP contribution in [0.2, 0.25) is 0 Å². The summed E-state index contributed by atoms with van der Waals surface area (Å²) >= 11 is 0. The topological polar surface area (TPSA) is 73.2 Å². The highest BCUT2D eigenvalue weighted by atomic mass is 19.1. The zero-order valence-corrected chi connectivity index (χ0v) is 15.8. The maximum Gasteiger partial charge on any atom is 0.342 e. The number of para-hydroxylation sites is 1. The van der Waals surface area contributed by atoms with Crippen molar-refractivity contribution < 1.29 is 18.7 Å². The van der Waals surface area contributed by atoms with Crippen LogP contribution in [0.1, 0.15) is 28.5 Å². The molecule has 0 saturated heterocycles. The molecule has 1 atom stereocenters. The third-order valence-corrected chi connectivity index (χ3v) is 4.32. The summed E-state index contributed by atoms with van der Waals surface area (Å²) in [5.74, 6) is -1.63. The van der Waals surface area contributed by atoms with Crippen LogP contribution in [-0.4, -0.2) is 27.8 Å². The van der Waals surface area contributed by atoms with Gasteiger partial charge in [0.2, 0.25) is 0 Å². The van der Waals surface area contributed by atoms with E-state index in [1.165, 1.54) is 19.2 Å². The monoisotopic (exact) mass is 381 g/mol. The van der Waals surface area contributed by atoms with Crippen molar-refractivity contribution in [3.8, 4) is 5.69 Å². The largest absolute Gasteiger partial charge is 0.449 e. The molecule has 144 valence electrons. The van der Waals surface area contributed by atoms with Crippen LogP contribution in [-0.2, 0) is 9.53 Å². The number of nitrogens with one attached hydrogen (secondary N) is 1. The van der Waals surface area contributed by atoms with Gasteiger partial charge in [-0.1, -0.05) is 24.3 Å². The molecule has 0 bridgehead atoms. The van der Waals surface area contributed by atoms with Gasteiger partial charge in [0.15, 0.2) is 6.10 Å².